The highest BCUT2D eigenvalue weighted by molar-refractivity contribution is 6.32. The summed E-state index contributed by atoms with van der Waals surface area (Å²) in [5.41, 5.74) is 6.80. The molecule has 0 spiro atoms. The number of halogens is 1. The summed E-state index contributed by atoms with van der Waals surface area (Å²) >= 11 is 6.24. The maximum Gasteiger partial charge on any atom is 0.138 e. The van der Waals surface area contributed by atoms with Crippen LogP contribution in [-0.2, 0) is 4.74 Å². The molecule has 1 heterocycles. The van der Waals surface area contributed by atoms with Crippen LogP contribution in [0.3, 0.4) is 0 Å². The summed E-state index contributed by atoms with van der Waals surface area (Å²) in [6.45, 7) is 4.19. The quantitative estimate of drug-likeness (QED) is 0.914. The van der Waals surface area contributed by atoms with E-state index < -0.39 is 0 Å². The van der Waals surface area contributed by atoms with Crippen LogP contribution in [0.25, 0.3) is 0 Å². The van der Waals surface area contributed by atoms with E-state index in [1.54, 1.807) is 0 Å². The van der Waals surface area contributed by atoms with Gasteiger partial charge in [0.1, 0.15) is 11.9 Å². The van der Waals surface area contributed by atoms with E-state index in [9.17, 15) is 0 Å². The van der Waals surface area contributed by atoms with Crippen LogP contribution in [0.2, 0.25) is 5.02 Å². The maximum absolute atomic E-state index is 6.24. The van der Waals surface area contributed by atoms with Gasteiger partial charge < -0.3 is 15.2 Å². The Kier molecular flexibility index (Phi) is 4.87. The Bertz CT molecular complexity index is 391. The van der Waals surface area contributed by atoms with E-state index in [2.05, 4.69) is 6.92 Å². The Morgan fingerprint density at radius 1 is 1.56 bits per heavy atom. The van der Waals surface area contributed by atoms with Crippen molar-refractivity contribution in [2.45, 2.75) is 31.8 Å². The fourth-order valence-corrected chi connectivity index (χ4v) is 2.27. The van der Waals surface area contributed by atoms with Crippen LogP contribution >= 0.6 is 11.6 Å². The minimum absolute atomic E-state index is 0.119. The number of ether oxygens (including phenoxy) is 2. The van der Waals surface area contributed by atoms with Crippen molar-refractivity contribution in [1.82, 2.24) is 0 Å². The molecule has 1 aliphatic rings. The van der Waals surface area contributed by atoms with Gasteiger partial charge in [0, 0.05) is 6.61 Å². The molecule has 4 heteroatoms. The Balaban J connectivity index is 2.04. The second-order valence-corrected chi connectivity index (χ2v) is 5.19. The van der Waals surface area contributed by atoms with E-state index in [0.29, 0.717) is 24.1 Å². The molecule has 0 aliphatic carbocycles. The summed E-state index contributed by atoms with van der Waals surface area (Å²) in [5.74, 6) is 1.05. The molecular weight excluding hydrogens is 250 g/mol. The van der Waals surface area contributed by atoms with Crippen LogP contribution in [0.4, 0.5) is 0 Å². The van der Waals surface area contributed by atoms with E-state index in [0.717, 1.165) is 30.8 Å². The second kappa shape index (κ2) is 6.41. The molecule has 0 saturated carbocycles. The van der Waals surface area contributed by atoms with Gasteiger partial charge in [0.15, 0.2) is 0 Å². The fraction of sp³-hybridized carbons (Fsp3) is 0.571. The molecule has 1 saturated heterocycles. The first-order valence-corrected chi connectivity index (χ1v) is 6.82. The summed E-state index contributed by atoms with van der Waals surface area (Å²) in [7, 11) is 0. The standard InChI is InChI=1S/C14H20ClNO2/c1-10(8-16)11-4-5-14(13(15)7-11)18-12-3-2-6-17-9-12/h4-5,7,10,12H,2-3,6,8-9,16H2,1H3. The van der Waals surface area contributed by atoms with Gasteiger partial charge in [-0.3, -0.25) is 0 Å². The van der Waals surface area contributed by atoms with E-state index in [4.69, 9.17) is 26.8 Å². The lowest BCUT2D eigenvalue weighted by molar-refractivity contribution is 0.00746. The molecular formula is C14H20ClNO2. The van der Waals surface area contributed by atoms with Gasteiger partial charge in [0.25, 0.3) is 0 Å². The minimum Gasteiger partial charge on any atom is -0.486 e. The zero-order valence-electron chi connectivity index (χ0n) is 10.7. The number of benzene rings is 1. The number of hydrogen-bond acceptors (Lipinski definition) is 3. The largest absolute Gasteiger partial charge is 0.486 e. The molecule has 2 atom stereocenters. The van der Waals surface area contributed by atoms with Crippen LogP contribution < -0.4 is 10.5 Å². The van der Waals surface area contributed by atoms with Crippen LogP contribution in [0.15, 0.2) is 18.2 Å². The summed E-state index contributed by atoms with van der Waals surface area (Å²) in [5, 5.41) is 0.651. The third-order valence-electron chi connectivity index (χ3n) is 3.29. The molecule has 0 aromatic heterocycles. The first-order chi connectivity index (χ1) is 8.70. The van der Waals surface area contributed by atoms with Crippen LogP contribution in [0.1, 0.15) is 31.2 Å². The Labute approximate surface area is 113 Å². The van der Waals surface area contributed by atoms with E-state index in [1.165, 1.54) is 0 Å². The first kappa shape index (κ1) is 13.7. The monoisotopic (exact) mass is 269 g/mol. The first-order valence-electron chi connectivity index (χ1n) is 6.44. The molecule has 18 heavy (non-hydrogen) atoms. The van der Waals surface area contributed by atoms with Crippen LogP contribution in [0.5, 0.6) is 5.75 Å². The van der Waals surface area contributed by atoms with Crippen molar-refractivity contribution in [2.24, 2.45) is 5.73 Å². The summed E-state index contributed by atoms with van der Waals surface area (Å²) in [4.78, 5) is 0. The topological polar surface area (TPSA) is 44.5 Å². The maximum atomic E-state index is 6.24. The van der Waals surface area contributed by atoms with Crippen LogP contribution in [0, 0.1) is 0 Å². The fourth-order valence-electron chi connectivity index (χ4n) is 2.04. The van der Waals surface area contributed by atoms with Gasteiger partial charge in [-0.15, -0.1) is 0 Å². The molecule has 1 aliphatic heterocycles. The lowest BCUT2D eigenvalue weighted by Gasteiger charge is -2.24. The molecule has 2 N–H and O–H groups in total. The van der Waals surface area contributed by atoms with Gasteiger partial charge in [-0.2, -0.15) is 0 Å². The minimum atomic E-state index is 0.119. The third kappa shape index (κ3) is 3.37. The molecule has 3 nitrogen and oxygen atoms in total. The van der Waals surface area contributed by atoms with Gasteiger partial charge >= 0.3 is 0 Å². The Hall–Kier alpha value is -0.770. The Morgan fingerprint density at radius 3 is 3.00 bits per heavy atom. The zero-order valence-corrected chi connectivity index (χ0v) is 11.5. The summed E-state index contributed by atoms with van der Waals surface area (Å²) < 4.78 is 11.3. The molecule has 2 unspecified atom stereocenters. The predicted octanol–water partition coefficient (Wildman–Crippen LogP) is 2.96. The van der Waals surface area contributed by atoms with Crippen molar-refractivity contribution in [2.75, 3.05) is 19.8 Å². The average Bonchev–Trinajstić information content (AvgIpc) is 2.41. The zero-order chi connectivity index (χ0) is 13.0. The van der Waals surface area contributed by atoms with Crippen molar-refractivity contribution in [3.63, 3.8) is 0 Å². The SMILES string of the molecule is CC(CN)c1ccc(OC2CCCOC2)c(Cl)c1. The van der Waals surface area contributed by atoms with E-state index in [1.807, 2.05) is 18.2 Å². The van der Waals surface area contributed by atoms with Gasteiger partial charge in [-0.1, -0.05) is 24.6 Å². The molecule has 1 fully saturated rings. The Morgan fingerprint density at radius 2 is 2.39 bits per heavy atom. The number of nitrogens with two attached hydrogens (primary N) is 1. The highest BCUT2D eigenvalue weighted by Crippen LogP contribution is 2.30. The number of rotatable bonds is 4. The van der Waals surface area contributed by atoms with Crippen molar-refractivity contribution >= 4 is 11.6 Å². The van der Waals surface area contributed by atoms with E-state index in [-0.39, 0.29) is 6.10 Å². The molecule has 2 rings (SSSR count). The lowest BCUT2D eigenvalue weighted by Crippen LogP contribution is -2.28. The van der Waals surface area contributed by atoms with Gasteiger partial charge in [-0.05, 0) is 43.0 Å². The molecule has 0 amide bonds. The highest BCUT2D eigenvalue weighted by atomic mass is 35.5. The van der Waals surface area contributed by atoms with Gasteiger partial charge in [0.2, 0.25) is 0 Å². The van der Waals surface area contributed by atoms with Gasteiger partial charge in [0.05, 0.1) is 11.6 Å². The van der Waals surface area contributed by atoms with Crippen molar-refractivity contribution < 1.29 is 9.47 Å². The summed E-state index contributed by atoms with van der Waals surface area (Å²) in [6.07, 6.45) is 2.19. The third-order valence-corrected chi connectivity index (χ3v) is 3.59. The normalized spacial score (nSPS) is 21.6. The van der Waals surface area contributed by atoms with E-state index >= 15 is 0 Å². The van der Waals surface area contributed by atoms with Crippen molar-refractivity contribution in [3.8, 4) is 5.75 Å². The van der Waals surface area contributed by atoms with Crippen LogP contribution in [-0.4, -0.2) is 25.9 Å². The average molecular weight is 270 g/mol. The predicted molar refractivity (Wildman–Crippen MR) is 73.4 cm³/mol. The molecule has 0 radical (unpaired) electrons. The molecule has 1 aromatic carbocycles. The highest BCUT2D eigenvalue weighted by Gasteiger charge is 2.17. The smallest absolute Gasteiger partial charge is 0.138 e. The molecule has 1 aromatic rings. The molecule has 0 bridgehead atoms. The van der Waals surface area contributed by atoms with Crippen molar-refractivity contribution in [1.29, 1.82) is 0 Å². The van der Waals surface area contributed by atoms with Crippen molar-refractivity contribution in [3.05, 3.63) is 28.8 Å². The lowest BCUT2D eigenvalue weighted by atomic mass is 10.0. The van der Waals surface area contributed by atoms with Gasteiger partial charge in [-0.25, -0.2) is 0 Å². The second-order valence-electron chi connectivity index (χ2n) is 4.78. The number of hydrogen-bond donors (Lipinski definition) is 1. The summed E-state index contributed by atoms with van der Waals surface area (Å²) in [6, 6.07) is 5.90. The molecule has 100 valence electrons.